The first-order chi connectivity index (χ1) is 11.3. The number of nitrogens with one attached hydrogen (secondary N) is 2. The van der Waals surface area contributed by atoms with Gasteiger partial charge in [0.1, 0.15) is 10.4 Å². The fourth-order valence-electron chi connectivity index (χ4n) is 2.05. The van der Waals surface area contributed by atoms with Crippen LogP contribution in [0.2, 0.25) is 5.02 Å². The smallest absolute Gasteiger partial charge is 0.329 e. The lowest BCUT2D eigenvalue weighted by molar-refractivity contribution is -0.146. The van der Waals surface area contributed by atoms with Crippen molar-refractivity contribution in [3.8, 4) is 0 Å². The van der Waals surface area contributed by atoms with E-state index in [0.717, 1.165) is 10.1 Å². The molecule has 3 N–H and O–H groups in total. The number of benzene rings is 1. The Morgan fingerprint density at radius 3 is 2.54 bits per heavy atom. The minimum atomic E-state index is -1.36. The Labute approximate surface area is 147 Å². The number of amides is 2. The van der Waals surface area contributed by atoms with Gasteiger partial charge in [0.15, 0.2) is 0 Å². The van der Waals surface area contributed by atoms with Crippen LogP contribution in [0.5, 0.6) is 0 Å². The number of aliphatic carboxylic acids is 1. The molecule has 0 fully saturated rings. The van der Waals surface area contributed by atoms with Crippen molar-refractivity contribution in [1.82, 2.24) is 10.6 Å². The third kappa shape index (κ3) is 3.68. The normalized spacial score (nSPS) is 13.3. The summed E-state index contributed by atoms with van der Waals surface area (Å²) in [7, 11) is 0. The predicted molar refractivity (Wildman–Crippen MR) is 93.6 cm³/mol. The zero-order valence-corrected chi connectivity index (χ0v) is 14.8. The first-order valence-electron chi connectivity index (χ1n) is 7.28. The van der Waals surface area contributed by atoms with Crippen LogP contribution in [0.1, 0.15) is 29.9 Å². The fourth-order valence-corrected chi connectivity index (χ4v) is 3.48. The Bertz CT molecular complexity index is 804. The van der Waals surface area contributed by atoms with Crippen molar-refractivity contribution in [2.75, 3.05) is 6.54 Å². The average Bonchev–Trinajstić information content (AvgIpc) is 2.89. The van der Waals surface area contributed by atoms with E-state index < -0.39 is 23.3 Å². The number of rotatable bonds is 6. The second-order valence-electron chi connectivity index (χ2n) is 5.46. The molecule has 6 nitrogen and oxygen atoms in total. The molecule has 0 radical (unpaired) electrons. The van der Waals surface area contributed by atoms with Gasteiger partial charge in [-0.2, -0.15) is 0 Å². The summed E-state index contributed by atoms with van der Waals surface area (Å²) in [6.45, 7) is 2.74. The van der Waals surface area contributed by atoms with E-state index >= 15 is 0 Å². The standard InChI is InChI=1S/C16H17ClN2O4S/c1-3-16(2,15(22)23)19-11(20)8-18-14(21)13-12(17)9-6-4-5-7-10(9)24-13/h4-7H,3,8H2,1-2H3,(H,18,21)(H,19,20)(H,22,23). The molecule has 0 bridgehead atoms. The topological polar surface area (TPSA) is 95.5 Å². The van der Waals surface area contributed by atoms with Crippen LogP contribution in [-0.4, -0.2) is 35.0 Å². The number of halogens is 1. The lowest BCUT2D eigenvalue weighted by Crippen LogP contribution is -2.54. The molecule has 0 aliphatic carbocycles. The highest BCUT2D eigenvalue weighted by Gasteiger charge is 2.32. The summed E-state index contributed by atoms with van der Waals surface area (Å²) in [5, 5.41) is 15.1. The zero-order valence-electron chi connectivity index (χ0n) is 13.2. The number of carbonyl (C=O) groups excluding carboxylic acids is 2. The fraction of sp³-hybridized carbons (Fsp3) is 0.312. The monoisotopic (exact) mass is 368 g/mol. The van der Waals surface area contributed by atoms with E-state index in [1.807, 2.05) is 24.3 Å². The molecule has 8 heteroatoms. The molecule has 0 aliphatic rings. The summed E-state index contributed by atoms with van der Waals surface area (Å²) in [5.41, 5.74) is -1.36. The summed E-state index contributed by atoms with van der Waals surface area (Å²) in [6.07, 6.45) is 0.226. The van der Waals surface area contributed by atoms with Crippen molar-refractivity contribution in [2.45, 2.75) is 25.8 Å². The molecule has 0 aliphatic heterocycles. The van der Waals surface area contributed by atoms with Gasteiger partial charge in [-0.25, -0.2) is 4.79 Å². The summed E-state index contributed by atoms with van der Waals surface area (Å²) >= 11 is 7.45. The molecule has 2 amide bonds. The molecule has 128 valence electrons. The van der Waals surface area contributed by atoms with E-state index in [2.05, 4.69) is 10.6 Å². The van der Waals surface area contributed by atoms with E-state index in [4.69, 9.17) is 16.7 Å². The summed E-state index contributed by atoms with van der Waals surface area (Å²) in [4.78, 5) is 35.6. The number of carboxylic acids is 1. The highest BCUT2D eigenvalue weighted by atomic mass is 35.5. The van der Waals surface area contributed by atoms with Gasteiger partial charge in [-0.1, -0.05) is 36.7 Å². The number of carboxylic acid groups (broad SMARTS) is 1. The Kier molecular flexibility index (Phi) is 5.46. The second kappa shape index (κ2) is 7.19. The van der Waals surface area contributed by atoms with Crippen LogP contribution in [0.25, 0.3) is 10.1 Å². The van der Waals surface area contributed by atoms with E-state index in [9.17, 15) is 14.4 Å². The molecule has 0 spiro atoms. The molecule has 2 rings (SSSR count). The van der Waals surface area contributed by atoms with Gasteiger partial charge >= 0.3 is 5.97 Å². The van der Waals surface area contributed by atoms with Crippen molar-refractivity contribution in [1.29, 1.82) is 0 Å². The average molecular weight is 369 g/mol. The zero-order chi connectivity index (χ0) is 17.9. The van der Waals surface area contributed by atoms with Crippen LogP contribution in [-0.2, 0) is 9.59 Å². The van der Waals surface area contributed by atoms with Crippen LogP contribution in [0, 0.1) is 0 Å². The molecule has 24 heavy (non-hydrogen) atoms. The molecular weight excluding hydrogens is 352 g/mol. The van der Waals surface area contributed by atoms with E-state index in [-0.39, 0.29) is 13.0 Å². The van der Waals surface area contributed by atoms with Gasteiger partial charge in [0.2, 0.25) is 5.91 Å². The largest absolute Gasteiger partial charge is 0.480 e. The molecular formula is C16H17ClN2O4S. The number of thiophene rings is 1. The predicted octanol–water partition coefficient (Wildman–Crippen LogP) is 2.65. The third-order valence-electron chi connectivity index (χ3n) is 3.75. The Hall–Kier alpha value is -2.12. The van der Waals surface area contributed by atoms with Crippen LogP contribution < -0.4 is 10.6 Å². The quantitative estimate of drug-likeness (QED) is 0.730. The van der Waals surface area contributed by atoms with Crippen LogP contribution in [0.3, 0.4) is 0 Å². The van der Waals surface area contributed by atoms with E-state index in [1.165, 1.54) is 18.3 Å². The summed E-state index contributed by atoms with van der Waals surface area (Å²) < 4.78 is 0.876. The number of fused-ring (bicyclic) bond motifs is 1. The highest BCUT2D eigenvalue weighted by Crippen LogP contribution is 2.34. The van der Waals surface area contributed by atoms with Crippen LogP contribution >= 0.6 is 22.9 Å². The van der Waals surface area contributed by atoms with E-state index in [1.54, 1.807) is 6.92 Å². The highest BCUT2D eigenvalue weighted by molar-refractivity contribution is 7.21. The van der Waals surface area contributed by atoms with Gasteiger partial charge in [-0.3, -0.25) is 9.59 Å². The first-order valence-corrected chi connectivity index (χ1v) is 8.47. The summed E-state index contributed by atoms with van der Waals surface area (Å²) in [6, 6.07) is 7.35. The second-order valence-corrected chi connectivity index (χ2v) is 6.89. The van der Waals surface area contributed by atoms with Gasteiger partial charge in [-0.15, -0.1) is 11.3 Å². The van der Waals surface area contributed by atoms with Gasteiger partial charge in [0.05, 0.1) is 11.6 Å². The molecule has 2 aromatic rings. The van der Waals surface area contributed by atoms with Crippen molar-refractivity contribution in [3.63, 3.8) is 0 Å². The number of hydrogen-bond donors (Lipinski definition) is 3. The number of carbonyl (C=O) groups is 3. The summed E-state index contributed by atoms with van der Waals surface area (Å²) in [5.74, 6) is -2.17. The maximum atomic E-state index is 12.2. The van der Waals surface area contributed by atoms with Gasteiger partial charge in [-0.05, 0) is 19.4 Å². The lowest BCUT2D eigenvalue weighted by atomic mass is 9.99. The van der Waals surface area contributed by atoms with E-state index in [0.29, 0.717) is 9.90 Å². The number of hydrogen-bond acceptors (Lipinski definition) is 4. The Balaban J connectivity index is 2.03. The molecule has 1 aromatic heterocycles. The molecule has 1 aromatic carbocycles. The maximum absolute atomic E-state index is 12.2. The van der Waals surface area contributed by atoms with Gasteiger partial charge < -0.3 is 15.7 Å². The van der Waals surface area contributed by atoms with Gasteiger partial charge in [0.25, 0.3) is 5.91 Å². The van der Waals surface area contributed by atoms with Crippen molar-refractivity contribution in [3.05, 3.63) is 34.2 Å². The van der Waals surface area contributed by atoms with Crippen LogP contribution in [0.15, 0.2) is 24.3 Å². The Morgan fingerprint density at radius 2 is 1.96 bits per heavy atom. The van der Waals surface area contributed by atoms with Crippen LogP contribution in [0.4, 0.5) is 0 Å². The SMILES string of the molecule is CCC(C)(NC(=O)CNC(=O)c1sc2ccccc2c1Cl)C(=O)O. The maximum Gasteiger partial charge on any atom is 0.329 e. The minimum absolute atomic E-state index is 0.226. The van der Waals surface area contributed by atoms with Gasteiger partial charge in [0, 0.05) is 10.1 Å². The lowest BCUT2D eigenvalue weighted by Gasteiger charge is -2.24. The molecule has 0 saturated carbocycles. The van der Waals surface area contributed by atoms with Crippen molar-refractivity contribution >= 4 is 50.8 Å². The van der Waals surface area contributed by atoms with Crippen molar-refractivity contribution in [2.24, 2.45) is 0 Å². The first kappa shape index (κ1) is 18.2. The third-order valence-corrected chi connectivity index (χ3v) is 5.42. The minimum Gasteiger partial charge on any atom is -0.480 e. The molecule has 1 unspecified atom stereocenters. The Morgan fingerprint density at radius 1 is 1.29 bits per heavy atom. The molecule has 1 heterocycles. The molecule has 1 atom stereocenters. The van der Waals surface area contributed by atoms with Crippen molar-refractivity contribution < 1.29 is 19.5 Å². The molecule has 0 saturated heterocycles.